The number of nitrogens with zero attached hydrogens (tertiary/aromatic N) is 2. The van der Waals surface area contributed by atoms with Gasteiger partial charge in [0.2, 0.25) is 0 Å². The molecule has 0 saturated carbocycles. The number of hydrogen-bond acceptors (Lipinski definition) is 4. The second-order valence-electron chi connectivity index (χ2n) is 3.94. The van der Waals surface area contributed by atoms with Crippen LogP contribution in [0.15, 0.2) is 24.4 Å². The lowest BCUT2D eigenvalue weighted by molar-refractivity contribution is -0.385. The maximum absolute atomic E-state index is 11.0. The van der Waals surface area contributed by atoms with Gasteiger partial charge in [-0.05, 0) is 18.6 Å². The molecule has 0 radical (unpaired) electrons. The van der Waals surface area contributed by atoms with Crippen LogP contribution in [-0.4, -0.2) is 30.2 Å². The average Bonchev–Trinajstić information content (AvgIpc) is 2.25. The summed E-state index contributed by atoms with van der Waals surface area (Å²) in [5.74, 6) is 0. The van der Waals surface area contributed by atoms with Gasteiger partial charge in [-0.3, -0.25) is 14.9 Å². The van der Waals surface area contributed by atoms with Gasteiger partial charge < -0.3 is 4.90 Å². The molecular formula is C12H14N2O3. The number of nitro benzene ring substituents is 1. The zero-order valence-electron chi connectivity index (χ0n) is 10.0. The summed E-state index contributed by atoms with van der Waals surface area (Å²) in [6.45, 7) is 1.77. The Morgan fingerprint density at radius 3 is 2.53 bits per heavy atom. The molecule has 17 heavy (non-hydrogen) atoms. The summed E-state index contributed by atoms with van der Waals surface area (Å²) < 4.78 is 0. The minimum absolute atomic E-state index is 0.0507. The van der Waals surface area contributed by atoms with Crippen LogP contribution in [0.5, 0.6) is 0 Å². The standard InChI is InChI=1S/C12H14N2O3/c1-9-4-5-11(12(6-9)14(16)17)10(8-15)7-13(2)3/h4-8H,1-3H3/b10-7-. The van der Waals surface area contributed by atoms with E-state index in [4.69, 9.17) is 0 Å². The lowest BCUT2D eigenvalue weighted by Gasteiger charge is -2.08. The van der Waals surface area contributed by atoms with Crippen molar-refractivity contribution in [3.8, 4) is 0 Å². The van der Waals surface area contributed by atoms with Crippen LogP contribution in [0.3, 0.4) is 0 Å². The summed E-state index contributed by atoms with van der Waals surface area (Å²) in [4.78, 5) is 23.1. The maximum Gasteiger partial charge on any atom is 0.277 e. The fourth-order valence-electron chi connectivity index (χ4n) is 1.48. The van der Waals surface area contributed by atoms with Gasteiger partial charge in [-0.15, -0.1) is 0 Å². The summed E-state index contributed by atoms with van der Waals surface area (Å²) in [5.41, 5.74) is 1.37. The average molecular weight is 234 g/mol. The molecule has 0 unspecified atom stereocenters. The molecule has 0 amide bonds. The van der Waals surface area contributed by atoms with Crippen molar-refractivity contribution in [3.63, 3.8) is 0 Å². The number of hydrogen-bond donors (Lipinski definition) is 0. The summed E-state index contributed by atoms with van der Waals surface area (Å²) in [7, 11) is 3.51. The van der Waals surface area contributed by atoms with Gasteiger partial charge in [-0.25, -0.2) is 0 Å². The zero-order valence-corrected chi connectivity index (χ0v) is 10.0. The van der Waals surface area contributed by atoms with Gasteiger partial charge in [0.15, 0.2) is 6.29 Å². The van der Waals surface area contributed by atoms with E-state index in [1.54, 1.807) is 44.3 Å². The Bertz CT molecular complexity index is 479. The number of carbonyl (C=O) groups is 1. The first-order valence-corrected chi connectivity index (χ1v) is 5.04. The molecule has 5 nitrogen and oxygen atoms in total. The second-order valence-corrected chi connectivity index (χ2v) is 3.94. The highest BCUT2D eigenvalue weighted by atomic mass is 16.6. The normalized spacial score (nSPS) is 11.1. The van der Waals surface area contributed by atoms with Crippen LogP contribution in [0.4, 0.5) is 5.69 Å². The summed E-state index contributed by atoms with van der Waals surface area (Å²) in [6.07, 6.45) is 2.18. The Hall–Kier alpha value is -2.17. The summed E-state index contributed by atoms with van der Waals surface area (Å²) in [6, 6.07) is 4.80. The SMILES string of the molecule is Cc1ccc(/C(C=O)=C\N(C)C)c([N+](=O)[O-])c1. The Balaban J connectivity index is 3.38. The number of allylic oxidation sites excluding steroid dienone is 1. The van der Waals surface area contributed by atoms with Crippen molar-refractivity contribution < 1.29 is 9.72 Å². The second kappa shape index (κ2) is 5.25. The van der Waals surface area contributed by atoms with Crippen LogP contribution in [-0.2, 0) is 4.79 Å². The largest absolute Gasteiger partial charge is 0.383 e. The van der Waals surface area contributed by atoms with E-state index >= 15 is 0 Å². The molecule has 0 N–H and O–H groups in total. The molecule has 0 aliphatic carbocycles. The van der Waals surface area contributed by atoms with Crippen molar-refractivity contribution in [2.45, 2.75) is 6.92 Å². The van der Waals surface area contributed by atoms with Crippen molar-refractivity contribution in [2.24, 2.45) is 0 Å². The van der Waals surface area contributed by atoms with E-state index in [9.17, 15) is 14.9 Å². The van der Waals surface area contributed by atoms with Crippen molar-refractivity contribution in [3.05, 3.63) is 45.6 Å². The zero-order chi connectivity index (χ0) is 13.0. The number of benzene rings is 1. The minimum Gasteiger partial charge on any atom is -0.383 e. The van der Waals surface area contributed by atoms with E-state index in [-0.39, 0.29) is 5.69 Å². The molecule has 0 bridgehead atoms. The molecule has 5 heteroatoms. The summed E-state index contributed by atoms with van der Waals surface area (Å²) >= 11 is 0. The van der Waals surface area contributed by atoms with Crippen LogP contribution >= 0.6 is 0 Å². The monoisotopic (exact) mass is 234 g/mol. The third kappa shape index (κ3) is 3.14. The van der Waals surface area contributed by atoms with Gasteiger partial charge in [0.25, 0.3) is 5.69 Å². The number of rotatable bonds is 4. The molecule has 1 rings (SSSR count). The van der Waals surface area contributed by atoms with Crippen molar-refractivity contribution in [1.29, 1.82) is 0 Å². The van der Waals surface area contributed by atoms with Gasteiger partial charge in [0.1, 0.15) is 0 Å². The van der Waals surface area contributed by atoms with Crippen LogP contribution in [0.25, 0.3) is 5.57 Å². The third-order valence-electron chi connectivity index (χ3n) is 2.19. The van der Waals surface area contributed by atoms with Gasteiger partial charge in [-0.2, -0.15) is 0 Å². The molecular weight excluding hydrogens is 220 g/mol. The first-order chi connectivity index (χ1) is 7.95. The van der Waals surface area contributed by atoms with E-state index in [0.29, 0.717) is 17.4 Å². The predicted octanol–water partition coefficient (Wildman–Crippen LogP) is 2.00. The smallest absolute Gasteiger partial charge is 0.277 e. The molecule has 0 aromatic heterocycles. The molecule has 0 aliphatic rings. The topological polar surface area (TPSA) is 63.5 Å². The lowest BCUT2D eigenvalue weighted by Crippen LogP contribution is -2.04. The highest BCUT2D eigenvalue weighted by Crippen LogP contribution is 2.26. The van der Waals surface area contributed by atoms with Crippen LogP contribution in [0.1, 0.15) is 11.1 Å². The number of aryl methyl sites for hydroxylation is 1. The molecule has 0 spiro atoms. The Kier molecular flexibility index (Phi) is 3.98. The summed E-state index contributed by atoms with van der Waals surface area (Å²) in [5, 5.41) is 10.9. The Morgan fingerprint density at radius 1 is 1.41 bits per heavy atom. The third-order valence-corrected chi connectivity index (χ3v) is 2.19. The van der Waals surface area contributed by atoms with Crippen molar-refractivity contribution >= 4 is 17.5 Å². The first-order valence-electron chi connectivity index (χ1n) is 5.04. The minimum atomic E-state index is -0.477. The number of aldehydes is 1. The van der Waals surface area contributed by atoms with E-state index in [1.807, 2.05) is 0 Å². The van der Waals surface area contributed by atoms with Gasteiger partial charge in [-0.1, -0.05) is 6.07 Å². The van der Waals surface area contributed by atoms with Crippen LogP contribution in [0, 0.1) is 17.0 Å². The van der Waals surface area contributed by atoms with Crippen molar-refractivity contribution in [1.82, 2.24) is 4.90 Å². The highest BCUT2D eigenvalue weighted by molar-refractivity contribution is 6.08. The van der Waals surface area contributed by atoms with Crippen molar-refractivity contribution in [2.75, 3.05) is 14.1 Å². The quantitative estimate of drug-likeness (QED) is 0.346. The molecule has 90 valence electrons. The molecule has 1 aromatic carbocycles. The van der Waals surface area contributed by atoms with Gasteiger partial charge in [0, 0.05) is 31.9 Å². The Labute approximate surface area is 99.5 Å². The van der Waals surface area contributed by atoms with E-state index in [2.05, 4.69) is 0 Å². The highest BCUT2D eigenvalue weighted by Gasteiger charge is 2.17. The van der Waals surface area contributed by atoms with Crippen LogP contribution < -0.4 is 0 Å². The molecule has 1 aromatic rings. The molecule has 0 fully saturated rings. The molecule has 0 aliphatic heterocycles. The van der Waals surface area contributed by atoms with Gasteiger partial charge >= 0.3 is 0 Å². The number of nitro groups is 1. The fourth-order valence-corrected chi connectivity index (χ4v) is 1.48. The predicted molar refractivity (Wildman–Crippen MR) is 65.6 cm³/mol. The molecule has 0 saturated heterocycles. The number of carbonyl (C=O) groups excluding carboxylic acids is 1. The van der Waals surface area contributed by atoms with Crippen LogP contribution in [0.2, 0.25) is 0 Å². The molecule has 0 heterocycles. The first kappa shape index (κ1) is 12.9. The fraction of sp³-hybridized carbons (Fsp3) is 0.250. The van der Waals surface area contributed by atoms with E-state index in [1.165, 1.54) is 6.07 Å². The van der Waals surface area contributed by atoms with Gasteiger partial charge in [0.05, 0.1) is 10.5 Å². The van der Waals surface area contributed by atoms with E-state index < -0.39 is 4.92 Å². The maximum atomic E-state index is 11.0. The molecule has 0 atom stereocenters. The Morgan fingerprint density at radius 2 is 2.06 bits per heavy atom. The van der Waals surface area contributed by atoms with E-state index in [0.717, 1.165) is 5.56 Å². The lowest BCUT2D eigenvalue weighted by atomic mass is 10.0.